The van der Waals surface area contributed by atoms with Crippen LogP contribution in [0.1, 0.15) is 39.0 Å². The molecule has 6 heteroatoms. The molecule has 0 saturated carbocycles. The van der Waals surface area contributed by atoms with Crippen molar-refractivity contribution in [1.82, 2.24) is 4.90 Å². The molecule has 0 spiro atoms. The first kappa shape index (κ1) is 19.6. The second-order valence-electron chi connectivity index (χ2n) is 7.18. The van der Waals surface area contributed by atoms with Gasteiger partial charge < -0.3 is 15.0 Å². The normalized spacial score (nSPS) is 12.8. The summed E-state index contributed by atoms with van der Waals surface area (Å²) in [5.74, 6) is -0.841. The summed E-state index contributed by atoms with van der Waals surface area (Å²) in [6.45, 7) is 4.19. The fourth-order valence-corrected chi connectivity index (χ4v) is 3.20. The van der Waals surface area contributed by atoms with Gasteiger partial charge in [0.2, 0.25) is 5.91 Å². The van der Waals surface area contributed by atoms with Gasteiger partial charge in [-0.1, -0.05) is 23.8 Å². The molecule has 3 rings (SSSR count). The molecule has 0 unspecified atom stereocenters. The second kappa shape index (κ2) is 8.25. The quantitative estimate of drug-likeness (QED) is 0.809. The lowest BCUT2D eigenvalue weighted by molar-refractivity contribution is -0.133. The van der Waals surface area contributed by atoms with E-state index in [9.17, 15) is 14.4 Å². The molecule has 28 heavy (non-hydrogen) atoms. The Morgan fingerprint density at radius 2 is 1.89 bits per heavy atom. The lowest BCUT2D eigenvalue weighted by Gasteiger charge is -2.19. The maximum atomic E-state index is 12.3. The van der Waals surface area contributed by atoms with Crippen molar-refractivity contribution in [1.29, 1.82) is 0 Å². The van der Waals surface area contributed by atoms with Crippen LogP contribution in [0.2, 0.25) is 0 Å². The standard InChI is InChI=1S/C22H24N2O4/c1-14-4-5-18(15(2)10-14)12-24(3)21(26)13-28-22(27)17-6-8-19-16(11-17)7-9-20(25)23-19/h4-6,8,10-11H,7,9,12-13H2,1-3H3,(H,23,25). The number of likely N-dealkylation sites (N-methyl/N-ethyl adjacent to an activating group) is 1. The molecule has 1 aliphatic rings. The van der Waals surface area contributed by atoms with Gasteiger partial charge in [0.1, 0.15) is 0 Å². The third-order valence-corrected chi connectivity index (χ3v) is 4.89. The molecule has 0 aromatic heterocycles. The molecule has 0 saturated heterocycles. The van der Waals surface area contributed by atoms with Gasteiger partial charge in [-0.25, -0.2) is 4.79 Å². The van der Waals surface area contributed by atoms with Crippen LogP contribution in [-0.4, -0.2) is 36.3 Å². The van der Waals surface area contributed by atoms with Crippen molar-refractivity contribution in [2.24, 2.45) is 0 Å². The molecule has 2 aromatic rings. The number of anilines is 1. The molecule has 0 atom stereocenters. The van der Waals surface area contributed by atoms with E-state index < -0.39 is 5.97 Å². The van der Waals surface area contributed by atoms with Gasteiger partial charge in [-0.3, -0.25) is 9.59 Å². The predicted octanol–water partition coefficient (Wildman–Crippen LogP) is 3.00. The van der Waals surface area contributed by atoms with Crippen molar-refractivity contribution in [3.8, 4) is 0 Å². The first-order valence-electron chi connectivity index (χ1n) is 9.23. The number of esters is 1. The van der Waals surface area contributed by atoms with E-state index in [1.54, 1.807) is 30.1 Å². The molecule has 0 bridgehead atoms. The van der Waals surface area contributed by atoms with Crippen molar-refractivity contribution in [2.75, 3.05) is 19.0 Å². The average Bonchev–Trinajstić information content (AvgIpc) is 2.67. The minimum atomic E-state index is -0.548. The minimum Gasteiger partial charge on any atom is -0.452 e. The lowest BCUT2D eigenvalue weighted by Crippen LogP contribution is -2.31. The van der Waals surface area contributed by atoms with Gasteiger partial charge in [0, 0.05) is 25.7 Å². The first-order chi connectivity index (χ1) is 13.3. The van der Waals surface area contributed by atoms with Gasteiger partial charge in [0.15, 0.2) is 6.61 Å². The summed E-state index contributed by atoms with van der Waals surface area (Å²) in [6.07, 6.45) is 0.979. The molecule has 1 heterocycles. The van der Waals surface area contributed by atoms with Crippen LogP contribution in [0.25, 0.3) is 0 Å². The van der Waals surface area contributed by atoms with E-state index in [4.69, 9.17) is 4.74 Å². The fraction of sp³-hybridized carbons (Fsp3) is 0.318. The van der Waals surface area contributed by atoms with E-state index in [1.165, 1.54) is 5.56 Å². The number of fused-ring (bicyclic) bond motifs is 1. The summed E-state index contributed by atoms with van der Waals surface area (Å²) in [5.41, 5.74) is 5.35. The molecule has 1 N–H and O–H groups in total. The average molecular weight is 380 g/mol. The third-order valence-electron chi connectivity index (χ3n) is 4.89. The summed E-state index contributed by atoms with van der Waals surface area (Å²) in [4.78, 5) is 37.6. The van der Waals surface area contributed by atoms with E-state index in [1.807, 2.05) is 26.0 Å². The topological polar surface area (TPSA) is 75.7 Å². The van der Waals surface area contributed by atoms with Gasteiger partial charge in [0.25, 0.3) is 5.91 Å². The maximum Gasteiger partial charge on any atom is 0.338 e. The van der Waals surface area contributed by atoms with E-state index in [2.05, 4.69) is 11.4 Å². The predicted molar refractivity (Wildman–Crippen MR) is 106 cm³/mol. The zero-order valence-corrected chi connectivity index (χ0v) is 16.4. The Bertz CT molecular complexity index is 936. The minimum absolute atomic E-state index is 0.0275. The van der Waals surface area contributed by atoms with Gasteiger partial charge in [-0.15, -0.1) is 0 Å². The number of rotatable bonds is 5. The van der Waals surface area contributed by atoms with Crippen molar-refractivity contribution < 1.29 is 19.1 Å². The highest BCUT2D eigenvalue weighted by atomic mass is 16.5. The number of aryl methyl sites for hydroxylation is 3. The van der Waals surface area contributed by atoms with Gasteiger partial charge >= 0.3 is 5.97 Å². The van der Waals surface area contributed by atoms with Crippen LogP contribution >= 0.6 is 0 Å². The van der Waals surface area contributed by atoms with Crippen LogP contribution < -0.4 is 5.32 Å². The largest absolute Gasteiger partial charge is 0.452 e. The first-order valence-corrected chi connectivity index (χ1v) is 9.23. The van der Waals surface area contributed by atoms with Crippen LogP contribution in [0.4, 0.5) is 5.69 Å². The zero-order valence-electron chi connectivity index (χ0n) is 16.4. The fourth-order valence-electron chi connectivity index (χ4n) is 3.20. The third kappa shape index (κ3) is 4.57. The summed E-state index contributed by atoms with van der Waals surface area (Å²) >= 11 is 0. The van der Waals surface area contributed by atoms with E-state index in [-0.39, 0.29) is 18.4 Å². The van der Waals surface area contributed by atoms with Gasteiger partial charge in [0.05, 0.1) is 5.56 Å². The molecule has 6 nitrogen and oxygen atoms in total. The Hall–Kier alpha value is -3.15. The molecular formula is C22H24N2O4. The molecule has 0 aliphatic carbocycles. The van der Waals surface area contributed by atoms with E-state index in [0.29, 0.717) is 24.9 Å². The summed E-state index contributed by atoms with van der Waals surface area (Å²) in [7, 11) is 1.69. The molecular weight excluding hydrogens is 356 g/mol. The summed E-state index contributed by atoms with van der Waals surface area (Å²) in [5, 5.41) is 2.77. The van der Waals surface area contributed by atoms with Gasteiger partial charge in [-0.2, -0.15) is 0 Å². The number of carbonyl (C=O) groups excluding carboxylic acids is 3. The molecule has 1 aliphatic heterocycles. The summed E-state index contributed by atoms with van der Waals surface area (Å²) in [6, 6.07) is 11.1. The van der Waals surface area contributed by atoms with Crippen molar-refractivity contribution in [3.63, 3.8) is 0 Å². The zero-order chi connectivity index (χ0) is 20.3. The number of nitrogens with zero attached hydrogens (tertiary/aromatic N) is 1. The number of amides is 2. The molecule has 146 valence electrons. The van der Waals surface area contributed by atoms with Crippen LogP contribution in [-0.2, 0) is 27.3 Å². The summed E-state index contributed by atoms with van der Waals surface area (Å²) < 4.78 is 5.19. The Kier molecular flexibility index (Phi) is 5.78. The Labute approximate surface area is 164 Å². The Morgan fingerprint density at radius 1 is 1.11 bits per heavy atom. The highest BCUT2D eigenvalue weighted by molar-refractivity contribution is 5.96. The van der Waals surface area contributed by atoms with E-state index >= 15 is 0 Å². The molecule has 0 radical (unpaired) electrons. The number of nitrogens with one attached hydrogen (secondary N) is 1. The smallest absolute Gasteiger partial charge is 0.338 e. The van der Waals surface area contributed by atoms with Gasteiger partial charge in [-0.05, 0) is 55.2 Å². The SMILES string of the molecule is Cc1ccc(CN(C)C(=O)COC(=O)c2ccc3c(c2)CCC(=O)N3)c(C)c1. The Balaban J connectivity index is 1.56. The highest BCUT2D eigenvalue weighted by Gasteiger charge is 2.18. The van der Waals surface area contributed by atoms with Crippen LogP contribution in [0.3, 0.4) is 0 Å². The molecule has 0 fully saturated rings. The maximum absolute atomic E-state index is 12.3. The number of benzene rings is 2. The van der Waals surface area contributed by atoms with Crippen LogP contribution in [0, 0.1) is 13.8 Å². The highest BCUT2D eigenvalue weighted by Crippen LogP contribution is 2.24. The number of carbonyl (C=O) groups is 3. The van der Waals surface area contributed by atoms with E-state index in [0.717, 1.165) is 22.4 Å². The Morgan fingerprint density at radius 3 is 2.64 bits per heavy atom. The molecule has 2 amide bonds. The second-order valence-corrected chi connectivity index (χ2v) is 7.18. The monoisotopic (exact) mass is 380 g/mol. The number of hydrogen-bond acceptors (Lipinski definition) is 4. The number of hydrogen-bond donors (Lipinski definition) is 1. The van der Waals surface area contributed by atoms with Crippen LogP contribution in [0.15, 0.2) is 36.4 Å². The molecule has 2 aromatic carbocycles. The van der Waals surface area contributed by atoms with Crippen LogP contribution in [0.5, 0.6) is 0 Å². The van der Waals surface area contributed by atoms with Crippen molar-refractivity contribution >= 4 is 23.5 Å². The van der Waals surface area contributed by atoms with Crippen molar-refractivity contribution in [2.45, 2.75) is 33.2 Å². The number of ether oxygens (including phenoxy) is 1. The lowest BCUT2D eigenvalue weighted by atomic mass is 10.0. The van der Waals surface area contributed by atoms with Crippen molar-refractivity contribution in [3.05, 3.63) is 64.2 Å².